The van der Waals surface area contributed by atoms with Crippen LogP contribution < -0.4 is 5.32 Å². The number of nitrogens with zero attached hydrogens (tertiary/aromatic N) is 3. The Kier molecular flexibility index (Phi) is 5.88. The van der Waals surface area contributed by atoms with Crippen LogP contribution in [0.2, 0.25) is 5.02 Å². The number of carboxylic acids is 1. The molecule has 0 fully saturated rings. The Balaban J connectivity index is 2.31. The number of ether oxygens (including phenoxy) is 1. The predicted octanol–water partition coefficient (Wildman–Crippen LogP) is 1.31. The molecule has 0 radical (unpaired) electrons. The van der Waals surface area contributed by atoms with E-state index in [1.165, 1.54) is 11.8 Å². The summed E-state index contributed by atoms with van der Waals surface area (Å²) in [6, 6.07) is 5.80. The first-order valence-corrected chi connectivity index (χ1v) is 7.58. The topological polar surface area (TPSA) is 106 Å². The number of carbonyl (C=O) groups is 2. The first kappa shape index (κ1) is 17.9. The van der Waals surface area contributed by atoms with Crippen molar-refractivity contribution < 1.29 is 19.4 Å². The Labute approximate surface area is 143 Å². The Morgan fingerprint density at radius 3 is 2.79 bits per heavy atom. The standard InChI is InChI=1S/C15H17ClN4O4/c1-3-12-13(14(21)17-11(8-24-2)15(22)23)18-19-20(12)10-6-4-5-9(16)7-10/h4-7,11H,3,8H2,1-2H3,(H,17,21)(H,22,23). The molecule has 1 unspecified atom stereocenters. The molecule has 0 aliphatic carbocycles. The summed E-state index contributed by atoms with van der Waals surface area (Å²) in [4.78, 5) is 23.5. The summed E-state index contributed by atoms with van der Waals surface area (Å²) >= 11 is 5.98. The third kappa shape index (κ3) is 3.90. The average Bonchev–Trinajstić information content (AvgIpc) is 2.98. The van der Waals surface area contributed by atoms with Crippen LogP contribution >= 0.6 is 11.6 Å². The van der Waals surface area contributed by atoms with E-state index in [4.69, 9.17) is 21.4 Å². The number of methoxy groups -OCH3 is 1. The molecule has 1 heterocycles. The third-order valence-corrected chi connectivity index (χ3v) is 3.54. The van der Waals surface area contributed by atoms with Crippen LogP contribution in [-0.4, -0.2) is 51.7 Å². The van der Waals surface area contributed by atoms with Gasteiger partial charge in [0.05, 0.1) is 18.0 Å². The molecule has 0 saturated heterocycles. The highest BCUT2D eigenvalue weighted by atomic mass is 35.5. The fraction of sp³-hybridized carbons (Fsp3) is 0.333. The van der Waals surface area contributed by atoms with Gasteiger partial charge in [0.25, 0.3) is 5.91 Å². The summed E-state index contributed by atoms with van der Waals surface area (Å²) in [7, 11) is 1.36. The lowest BCUT2D eigenvalue weighted by Gasteiger charge is -2.13. The maximum absolute atomic E-state index is 12.4. The van der Waals surface area contributed by atoms with Gasteiger partial charge in [0.15, 0.2) is 11.7 Å². The zero-order valence-corrected chi connectivity index (χ0v) is 13.9. The monoisotopic (exact) mass is 352 g/mol. The van der Waals surface area contributed by atoms with Gasteiger partial charge in [-0.3, -0.25) is 4.79 Å². The molecule has 0 bridgehead atoms. The van der Waals surface area contributed by atoms with Crippen molar-refractivity contribution in [2.24, 2.45) is 0 Å². The van der Waals surface area contributed by atoms with Gasteiger partial charge >= 0.3 is 5.97 Å². The highest BCUT2D eigenvalue weighted by Crippen LogP contribution is 2.17. The zero-order chi connectivity index (χ0) is 17.7. The number of carbonyl (C=O) groups excluding carboxylic acids is 1. The number of benzene rings is 1. The lowest BCUT2D eigenvalue weighted by atomic mass is 10.2. The maximum atomic E-state index is 12.4. The van der Waals surface area contributed by atoms with Gasteiger partial charge < -0.3 is 15.2 Å². The van der Waals surface area contributed by atoms with E-state index in [-0.39, 0.29) is 12.3 Å². The van der Waals surface area contributed by atoms with Crippen molar-refractivity contribution in [3.63, 3.8) is 0 Å². The SMILES string of the molecule is CCc1c(C(=O)NC(COC)C(=O)O)nnn1-c1cccc(Cl)c1. The minimum absolute atomic E-state index is 0.0693. The van der Waals surface area contributed by atoms with Crippen molar-refractivity contribution in [3.05, 3.63) is 40.7 Å². The van der Waals surface area contributed by atoms with Crippen molar-refractivity contribution >= 4 is 23.5 Å². The Hall–Kier alpha value is -2.45. The summed E-state index contributed by atoms with van der Waals surface area (Å²) in [5, 5.41) is 19.9. The van der Waals surface area contributed by atoms with Crippen LogP contribution in [0.25, 0.3) is 5.69 Å². The van der Waals surface area contributed by atoms with Gasteiger partial charge in [-0.05, 0) is 24.6 Å². The van der Waals surface area contributed by atoms with E-state index in [0.717, 1.165) is 0 Å². The molecule has 1 aromatic carbocycles. The van der Waals surface area contributed by atoms with Gasteiger partial charge in [-0.15, -0.1) is 5.10 Å². The van der Waals surface area contributed by atoms with Gasteiger partial charge in [0, 0.05) is 12.1 Å². The molecule has 0 aliphatic rings. The molecule has 8 nitrogen and oxygen atoms in total. The third-order valence-electron chi connectivity index (χ3n) is 3.30. The summed E-state index contributed by atoms with van der Waals surface area (Å²) in [5.41, 5.74) is 1.29. The highest BCUT2D eigenvalue weighted by Gasteiger charge is 2.25. The van der Waals surface area contributed by atoms with Crippen LogP contribution in [0.4, 0.5) is 0 Å². The van der Waals surface area contributed by atoms with Gasteiger partial charge in [0.2, 0.25) is 0 Å². The molecule has 1 atom stereocenters. The number of carboxylic acid groups (broad SMARTS) is 1. The van der Waals surface area contributed by atoms with Crippen molar-refractivity contribution in [1.82, 2.24) is 20.3 Å². The Morgan fingerprint density at radius 2 is 2.21 bits per heavy atom. The summed E-state index contributed by atoms with van der Waals surface area (Å²) < 4.78 is 6.30. The van der Waals surface area contributed by atoms with E-state index < -0.39 is 17.9 Å². The van der Waals surface area contributed by atoms with Gasteiger partial charge in [-0.1, -0.05) is 29.8 Å². The first-order chi connectivity index (χ1) is 11.5. The minimum atomic E-state index is -1.19. The second kappa shape index (κ2) is 7.89. The highest BCUT2D eigenvalue weighted by molar-refractivity contribution is 6.30. The van der Waals surface area contributed by atoms with Crippen LogP contribution in [0, 0.1) is 0 Å². The molecule has 1 amide bonds. The van der Waals surface area contributed by atoms with E-state index in [0.29, 0.717) is 22.8 Å². The maximum Gasteiger partial charge on any atom is 0.328 e. The molecule has 24 heavy (non-hydrogen) atoms. The normalized spacial score (nSPS) is 12.0. The Bertz CT molecular complexity index is 747. The van der Waals surface area contributed by atoms with Crippen molar-refractivity contribution in [1.29, 1.82) is 0 Å². The van der Waals surface area contributed by atoms with Crippen LogP contribution in [0.1, 0.15) is 23.1 Å². The zero-order valence-electron chi connectivity index (χ0n) is 13.2. The summed E-state index contributed by atoms with van der Waals surface area (Å²) in [5.74, 6) is -1.81. The number of hydrogen-bond donors (Lipinski definition) is 2. The number of aliphatic carboxylic acids is 1. The van der Waals surface area contributed by atoms with E-state index >= 15 is 0 Å². The van der Waals surface area contributed by atoms with Crippen LogP contribution in [0.5, 0.6) is 0 Å². The first-order valence-electron chi connectivity index (χ1n) is 7.21. The number of halogens is 1. The smallest absolute Gasteiger partial charge is 0.328 e. The van der Waals surface area contributed by atoms with E-state index in [9.17, 15) is 9.59 Å². The fourth-order valence-corrected chi connectivity index (χ4v) is 2.36. The second-order valence-electron chi connectivity index (χ2n) is 4.95. The molecular formula is C15H17ClN4O4. The molecule has 0 aliphatic heterocycles. The van der Waals surface area contributed by atoms with Crippen LogP contribution in [-0.2, 0) is 16.0 Å². The fourth-order valence-electron chi connectivity index (χ4n) is 2.18. The van der Waals surface area contributed by atoms with E-state index in [1.807, 2.05) is 6.92 Å². The molecule has 128 valence electrons. The lowest BCUT2D eigenvalue weighted by molar-refractivity contribution is -0.140. The van der Waals surface area contributed by atoms with E-state index in [1.54, 1.807) is 24.3 Å². The lowest BCUT2D eigenvalue weighted by Crippen LogP contribution is -2.44. The summed E-state index contributed by atoms with van der Waals surface area (Å²) in [6.45, 7) is 1.70. The average molecular weight is 353 g/mol. The molecule has 0 spiro atoms. The van der Waals surface area contributed by atoms with Crippen molar-refractivity contribution in [2.45, 2.75) is 19.4 Å². The van der Waals surface area contributed by atoms with Crippen molar-refractivity contribution in [3.8, 4) is 5.69 Å². The molecule has 9 heteroatoms. The molecular weight excluding hydrogens is 336 g/mol. The van der Waals surface area contributed by atoms with E-state index in [2.05, 4.69) is 15.6 Å². The molecule has 0 saturated carbocycles. The molecule has 2 aromatic rings. The largest absolute Gasteiger partial charge is 0.480 e. The van der Waals surface area contributed by atoms with Crippen molar-refractivity contribution in [2.75, 3.05) is 13.7 Å². The number of nitrogens with one attached hydrogen (secondary N) is 1. The molecule has 2 N–H and O–H groups in total. The van der Waals surface area contributed by atoms with Crippen LogP contribution in [0.3, 0.4) is 0 Å². The van der Waals surface area contributed by atoms with Gasteiger partial charge in [0.1, 0.15) is 0 Å². The minimum Gasteiger partial charge on any atom is -0.480 e. The quantitative estimate of drug-likeness (QED) is 0.778. The molecule has 2 rings (SSSR count). The number of amides is 1. The summed E-state index contributed by atoms with van der Waals surface area (Å²) in [6.07, 6.45) is 0.476. The molecule has 1 aromatic heterocycles. The second-order valence-corrected chi connectivity index (χ2v) is 5.39. The predicted molar refractivity (Wildman–Crippen MR) is 86.5 cm³/mol. The van der Waals surface area contributed by atoms with Crippen LogP contribution in [0.15, 0.2) is 24.3 Å². The van der Waals surface area contributed by atoms with Gasteiger partial charge in [-0.2, -0.15) is 0 Å². The number of rotatable bonds is 7. The number of hydrogen-bond acceptors (Lipinski definition) is 5. The Morgan fingerprint density at radius 1 is 1.46 bits per heavy atom. The number of aromatic nitrogens is 3. The van der Waals surface area contributed by atoms with Gasteiger partial charge in [-0.25, -0.2) is 9.48 Å².